The molecule has 6 heterocycles. The average Bonchev–Trinajstić information content (AvgIpc) is 3.41. The highest BCUT2D eigenvalue weighted by Crippen LogP contribution is 2.34. The molecule has 0 aromatic carbocycles. The molecule has 0 aliphatic carbocycles. The van der Waals surface area contributed by atoms with Crippen molar-refractivity contribution in [2.75, 3.05) is 0 Å². The Morgan fingerprint density at radius 3 is 2.37 bits per heavy atom. The minimum atomic E-state index is -0.755. The molecule has 5 aliphatic heterocycles. The van der Waals surface area contributed by atoms with Crippen LogP contribution >= 0.6 is 0 Å². The van der Waals surface area contributed by atoms with Gasteiger partial charge in [-0.25, -0.2) is 20.0 Å². The van der Waals surface area contributed by atoms with Crippen molar-refractivity contribution < 1.29 is 0 Å². The number of hydrogen-bond acceptors (Lipinski definition) is 5. The number of aliphatic imine (C=N–C) groups is 4. The van der Waals surface area contributed by atoms with Crippen LogP contribution < -0.4 is 16.0 Å². The Kier molecular flexibility index (Phi) is 2.72. The zero-order valence-corrected chi connectivity index (χ0v) is 14.2. The maximum atomic E-state index is 4.85. The van der Waals surface area contributed by atoms with Crippen LogP contribution in [-0.4, -0.2) is 34.1 Å². The van der Waals surface area contributed by atoms with Crippen molar-refractivity contribution >= 4 is 35.6 Å². The van der Waals surface area contributed by atoms with Crippen molar-refractivity contribution in [2.24, 2.45) is 20.0 Å². The molecule has 0 saturated carbocycles. The van der Waals surface area contributed by atoms with Crippen molar-refractivity contribution in [3.63, 3.8) is 0 Å². The molecule has 6 nitrogen and oxygen atoms in total. The Labute approximate surface area is 154 Å². The third-order valence-corrected chi connectivity index (χ3v) is 4.82. The molecule has 1 aromatic heterocycles. The number of H-pyrrole nitrogens is 1. The number of fused-ring (bicyclic) bond motifs is 4. The van der Waals surface area contributed by atoms with Gasteiger partial charge in [0.2, 0.25) is 5.66 Å². The van der Waals surface area contributed by atoms with E-state index in [1.807, 2.05) is 66.8 Å². The zero-order chi connectivity index (χ0) is 17.8. The van der Waals surface area contributed by atoms with Crippen LogP contribution in [0.4, 0.5) is 0 Å². The minimum absolute atomic E-state index is 0.755. The van der Waals surface area contributed by atoms with E-state index < -0.39 is 5.66 Å². The Morgan fingerprint density at radius 2 is 1.48 bits per heavy atom. The summed E-state index contributed by atoms with van der Waals surface area (Å²) in [4.78, 5) is 22.1. The third kappa shape index (κ3) is 2.34. The van der Waals surface area contributed by atoms with Crippen LogP contribution in [0.2, 0.25) is 0 Å². The highest BCUT2D eigenvalue weighted by atomic mass is 15.2. The molecule has 1 spiro atoms. The number of allylic oxidation sites excluding steroid dienone is 6. The second-order valence-corrected chi connectivity index (χ2v) is 6.76. The van der Waals surface area contributed by atoms with E-state index in [4.69, 9.17) is 4.99 Å². The number of aromatic amines is 1. The first-order valence-electron chi connectivity index (χ1n) is 8.73. The topological polar surface area (TPSA) is 77.3 Å². The molecule has 2 N–H and O–H groups in total. The quantitative estimate of drug-likeness (QED) is 0.721. The van der Waals surface area contributed by atoms with Crippen LogP contribution in [0, 0.1) is 0 Å². The van der Waals surface area contributed by atoms with Gasteiger partial charge in [0.25, 0.3) is 0 Å². The second kappa shape index (κ2) is 5.11. The molecule has 27 heavy (non-hydrogen) atoms. The minimum Gasteiger partial charge on any atom is -0.355 e. The second-order valence-electron chi connectivity index (χ2n) is 6.76. The molecule has 5 aliphatic rings. The van der Waals surface area contributed by atoms with Gasteiger partial charge in [0.15, 0.2) is 0 Å². The van der Waals surface area contributed by atoms with Gasteiger partial charge in [-0.15, -0.1) is 0 Å². The van der Waals surface area contributed by atoms with E-state index in [-0.39, 0.29) is 0 Å². The van der Waals surface area contributed by atoms with Crippen LogP contribution in [0.5, 0.6) is 0 Å². The van der Waals surface area contributed by atoms with Gasteiger partial charge in [-0.3, -0.25) is 0 Å². The van der Waals surface area contributed by atoms with E-state index in [2.05, 4.69) is 25.3 Å². The lowest BCUT2D eigenvalue weighted by atomic mass is 10.1. The average molecular weight is 350 g/mol. The first kappa shape index (κ1) is 14.4. The Bertz CT molecular complexity index is 1290. The predicted molar refractivity (Wildman–Crippen MR) is 108 cm³/mol. The maximum absolute atomic E-state index is 4.85. The number of nitrogens with zero attached hydrogens (tertiary/aromatic N) is 4. The van der Waals surface area contributed by atoms with Gasteiger partial charge in [-0.2, -0.15) is 0 Å². The summed E-state index contributed by atoms with van der Waals surface area (Å²) < 4.78 is 0. The molecular formula is C21H14N6. The Balaban J connectivity index is 1.59. The van der Waals surface area contributed by atoms with Crippen molar-refractivity contribution in [1.82, 2.24) is 10.3 Å². The summed E-state index contributed by atoms with van der Waals surface area (Å²) in [5, 5.41) is 5.17. The summed E-state index contributed by atoms with van der Waals surface area (Å²) >= 11 is 0. The van der Waals surface area contributed by atoms with Crippen LogP contribution in [0.3, 0.4) is 0 Å². The van der Waals surface area contributed by atoms with Gasteiger partial charge in [0, 0.05) is 10.7 Å². The molecule has 8 bridgehead atoms. The Morgan fingerprint density at radius 1 is 0.741 bits per heavy atom. The summed E-state index contributed by atoms with van der Waals surface area (Å²) in [6.07, 6.45) is 19.7. The fourth-order valence-electron chi connectivity index (χ4n) is 3.60. The van der Waals surface area contributed by atoms with E-state index in [9.17, 15) is 0 Å². The van der Waals surface area contributed by atoms with Gasteiger partial charge in [0.05, 0.1) is 40.6 Å². The molecule has 6 rings (SSSR count). The van der Waals surface area contributed by atoms with Crippen LogP contribution in [0.1, 0.15) is 0 Å². The van der Waals surface area contributed by atoms with Gasteiger partial charge in [0.1, 0.15) is 0 Å². The summed E-state index contributed by atoms with van der Waals surface area (Å²) in [6, 6.07) is 4.07. The number of rotatable bonds is 0. The van der Waals surface area contributed by atoms with E-state index >= 15 is 0 Å². The first-order chi connectivity index (χ1) is 13.2. The molecule has 0 fully saturated rings. The van der Waals surface area contributed by atoms with Gasteiger partial charge >= 0.3 is 0 Å². The van der Waals surface area contributed by atoms with Crippen molar-refractivity contribution in [2.45, 2.75) is 5.66 Å². The van der Waals surface area contributed by atoms with Gasteiger partial charge < -0.3 is 10.3 Å². The monoisotopic (exact) mass is 350 g/mol. The first-order valence-corrected chi connectivity index (χ1v) is 8.73. The van der Waals surface area contributed by atoms with Crippen LogP contribution in [0.25, 0.3) is 12.2 Å². The SMILES string of the molecule is C1=CC2=NC1=CC13N=CNC1=CC(=N3)C=c1ccc([nH]1)=CC1=NC(=C2)C=C1. The van der Waals surface area contributed by atoms with E-state index in [0.29, 0.717) is 0 Å². The standard InChI is InChI=1S/C21H14N6/c1-2-15-8-16-5-6-18(26-16)11-21-20(22-12-23-21)10-19(27-21)9-17-4-3-14(25-17)7-13(1)24-15/h1-12,25H,(H,22,23). The molecule has 0 saturated heterocycles. The number of aromatic nitrogens is 1. The maximum Gasteiger partial charge on any atom is 0.213 e. The van der Waals surface area contributed by atoms with E-state index in [0.717, 1.165) is 44.9 Å². The molecular weight excluding hydrogens is 336 g/mol. The van der Waals surface area contributed by atoms with Gasteiger partial charge in [-0.05, 0) is 66.8 Å². The van der Waals surface area contributed by atoms with E-state index in [1.165, 1.54) is 0 Å². The molecule has 128 valence electrons. The number of nitrogens with one attached hydrogen (secondary N) is 2. The zero-order valence-electron chi connectivity index (χ0n) is 14.2. The van der Waals surface area contributed by atoms with Crippen LogP contribution in [0.15, 0.2) is 91.7 Å². The summed E-state index contributed by atoms with van der Waals surface area (Å²) in [6.45, 7) is 0. The van der Waals surface area contributed by atoms with E-state index in [1.54, 1.807) is 6.34 Å². The van der Waals surface area contributed by atoms with Crippen molar-refractivity contribution in [3.8, 4) is 0 Å². The molecule has 0 radical (unpaired) electrons. The fourth-order valence-corrected chi connectivity index (χ4v) is 3.60. The molecule has 6 heteroatoms. The van der Waals surface area contributed by atoms with Crippen molar-refractivity contribution in [1.29, 1.82) is 0 Å². The fraction of sp³-hybridized carbons (Fsp3) is 0.0476. The summed E-state index contributed by atoms with van der Waals surface area (Å²) in [5.74, 6) is 0. The van der Waals surface area contributed by atoms with Crippen molar-refractivity contribution in [3.05, 3.63) is 82.5 Å². The summed E-state index contributed by atoms with van der Waals surface area (Å²) in [7, 11) is 0. The van der Waals surface area contributed by atoms with Crippen LogP contribution in [-0.2, 0) is 0 Å². The largest absolute Gasteiger partial charge is 0.355 e. The summed E-state index contributed by atoms with van der Waals surface area (Å²) in [5.41, 5.74) is 4.54. The molecule has 0 amide bonds. The van der Waals surface area contributed by atoms with Gasteiger partial charge in [-0.1, -0.05) is 0 Å². The Hall–Kier alpha value is -3.80. The third-order valence-electron chi connectivity index (χ3n) is 4.82. The predicted octanol–water partition coefficient (Wildman–Crippen LogP) is 1.04. The lowest BCUT2D eigenvalue weighted by molar-refractivity contribution is 0.676. The lowest BCUT2D eigenvalue weighted by Crippen LogP contribution is -2.22. The number of hydrogen-bond donors (Lipinski definition) is 2. The molecule has 1 unspecified atom stereocenters. The molecule has 1 atom stereocenters. The smallest absolute Gasteiger partial charge is 0.213 e. The highest BCUT2D eigenvalue weighted by Gasteiger charge is 2.39. The highest BCUT2D eigenvalue weighted by molar-refractivity contribution is 6.20. The lowest BCUT2D eigenvalue weighted by Gasteiger charge is -2.15. The normalized spacial score (nSPS) is 26.2. The molecule has 1 aromatic rings.